The Morgan fingerprint density at radius 3 is 2.60 bits per heavy atom. The molecule has 0 spiro atoms. The molecule has 3 rings (SSSR count). The Labute approximate surface area is 86.4 Å². The summed E-state index contributed by atoms with van der Waals surface area (Å²) >= 11 is 0. The first-order valence-corrected chi connectivity index (χ1v) is 4.78. The van der Waals surface area contributed by atoms with E-state index in [1.807, 2.05) is 18.2 Å². The highest BCUT2D eigenvalue weighted by molar-refractivity contribution is 5.85. The summed E-state index contributed by atoms with van der Waals surface area (Å²) in [5, 5.41) is 10.4. The van der Waals surface area contributed by atoms with E-state index >= 15 is 0 Å². The number of benzene rings is 1. The maximum Gasteiger partial charge on any atom is 0.133 e. The Bertz CT molecular complexity index is 574. The van der Waals surface area contributed by atoms with Crippen molar-refractivity contribution >= 4 is 10.9 Å². The highest BCUT2D eigenvalue weighted by Crippen LogP contribution is 2.25. The molecule has 0 unspecified atom stereocenters. The van der Waals surface area contributed by atoms with Crippen molar-refractivity contribution in [3.63, 3.8) is 0 Å². The van der Waals surface area contributed by atoms with Crippen LogP contribution in [0.5, 0.6) is 5.75 Å². The van der Waals surface area contributed by atoms with Crippen LogP contribution in [0.4, 0.5) is 0 Å². The number of rotatable bonds is 1. The van der Waals surface area contributed by atoms with E-state index < -0.39 is 0 Å². The van der Waals surface area contributed by atoms with Gasteiger partial charge in [-0.1, -0.05) is 18.2 Å². The molecule has 3 nitrogen and oxygen atoms in total. The molecule has 0 fully saturated rings. The normalized spacial score (nSPS) is 10.9. The Balaban J connectivity index is 2.19. The van der Waals surface area contributed by atoms with Gasteiger partial charge in [-0.2, -0.15) is 0 Å². The van der Waals surface area contributed by atoms with Gasteiger partial charge >= 0.3 is 0 Å². The van der Waals surface area contributed by atoms with Gasteiger partial charge in [-0.3, -0.25) is 0 Å². The molecule has 74 valence electrons. The van der Waals surface area contributed by atoms with Gasteiger partial charge in [0.05, 0.1) is 11.4 Å². The molecule has 3 heteroatoms. The zero-order chi connectivity index (χ0) is 10.3. The van der Waals surface area contributed by atoms with E-state index in [0.29, 0.717) is 0 Å². The van der Waals surface area contributed by atoms with Crippen LogP contribution in [0.25, 0.3) is 22.3 Å². The number of aromatic amines is 2. The van der Waals surface area contributed by atoms with Gasteiger partial charge in [0.25, 0.3) is 0 Å². The molecule has 0 saturated carbocycles. The van der Waals surface area contributed by atoms with Gasteiger partial charge < -0.3 is 15.1 Å². The van der Waals surface area contributed by atoms with Crippen molar-refractivity contribution in [1.82, 2.24) is 9.97 Å². The van der Waals surface area contributed by atoms with Crippen molar-refractivity contribution in [2.45, 2.75) is 0 Å². The van der Waals surface area contributed by atoms with E-state index in [2.05, 4.69) is 22.1 Å². The van der Waals surface area contributed by atoms with Crippen LogP contribution in [0.2, 0.25) is 0 Å². The molecule has 3 N–H and O–H groups in total. The van der Waals surface area contributed by atoms with Crippen LogP contribution in [-0.2, 0) is 0 Å². The third-order valence-electron chi connectivity index (χ3n) is 2.49. The predicted octanol–water partition coefficient (Wildman–Crippen LogP) is 2.87. The molecule has 1 aromatic carbocycles. The minimum atomic E-state index is 0.253. The van der Waals surface area contributed by atoms with Crippen molar-refractivity contribution in [2.75, 3.05) is 0 Å². The van der Waals surface area contributed by atoms with E-state index in [9.17, 15) is 5.11 Å². The molecule has 2 heterocycles. The average molecular weight is 198 g/mol. The molecule has 3 aromatic rings. The quantitative estimate of drug-likeness (QED) is 0.553. The summed E-state index contributed by atoms with van der Waals surface area (Å²) in [5.74, 6) is 0.253. The first kappa shape index (κ1) is 8.17. The number of fused-ring (bicyclic) bond motifs is 1. The van der Waals surface area contributed by atoms with Crippen LogP contribution in [0.15, 0.2) is 42.6 Å². The fraction of sp³-hybridized carbons (Fsp3) is 0. The highest BCUT2D eigenvalue weighted by Gasteiger charge is 2.04. The number of aromatic hydroxyl groups is 1. The second-order valence-electron chi connectivity index (χ2n) is 3.54. The molecule has 0 atom stereocenters. The minimum absolute atomic E-state index is 0.253. The van der Waals surface area contributed by atoms with Gasteiger partial charge in [-0.15, -0.1) is 0 Å². The van der Waals surface area contributed by atoms with Gasteiger partial charge in [0, 0.05) is 23.2 Å². The summed E-state index contributed by atoms with van der Waals surface area (Å²) in [6.07, 6.45) is 1.57. The molecule has 15 heavy (non-hydrogen) atoms. The number of para-hydroxylation sites is 1. The summed E-state index contributed by atoms with van der Waals surface area (Å²) in [6, 6.07) is 11.8. The predicted molar refractivity (Wildman–Crippen MR) is 59.8 cm³/mol. The van der Waals surface area contributed by atoms with E-state index in [0.717, 1.165) is 16.9 Å². The molecule has 0 bridgehead atoms. The topological polar surface area (TPSA) is 51.8 Å². The van der Waals surface area contributed by atoms with E-state index in [-0.39, 0.29) is 5.75 Å². The maximum absolute atomic E-state index is 9.24. The van der Waals surface area contributed by atoms with Crippen LogP contribution in [-0.4, -0.2) is 15.1 Å². The highest BCUT2D eigenvalue weighted by atomic mass is 16.3. The van der Waals surface area contributed by atoms with Gasteiger partial charge in [0.2, 0.25) is 0 Å². The lowest BCUT2D eigenvalue weighted by Crippen LogP contribution is -1.74. The van der Waals surface area contributed by atoms with Crippen molar-refractivity contribution in [3.05, 3.63) is 42.6 Å². The molecule has 2 aromatic heterocycles. The third-order valence-corrected chi connectivity index (χ3v) is 2.49. The molecular formula is C12H10N2O. The number of nitrogens with one attached hydrogen (secondary N) is 2. The minimum Gasteiger partial charge on any atom is -0.506 e. The van der Waals surface area contributed by atoms with E-state index in [1.165, 1.54) is 5.39 Å². The van der Waals surface area contributed by atoms with Crippen molar-refractivity contribution < 1.29 is 5.11 Å². The van der Waals surface area contributed by atoms with Crippen LogP contribution >= 0.6 is 0 Å². The molecule has 0 aliphatic heterocycles. The lowest BCUT2D eigenvalue weighted by atomic mass is 10.2. The van der Waals surface area contributed by atoms with Crippen LogP contribution in [0.1, 0.15) is 0 Å². The number of aromatic nitrogens is 2. The largest absolute Gasteiger partial charge is 0.506 e. The van der Waals surface area contributed by atoms with Gasteiger partial charge in [-0.25, -0.2) is 0 Å². The number of H-pyrrole nitrogens is 2. The maximum atomic E-state index is 9.24. The van der Waals surface area contributed by atoms with E-state index in [4.69, 9.17) is 0 Å². The van der Waals surface area contributed by atoms with Crippen molar-refractivity contribution in [2.24, 2.45) is 0 Å². The zero-order valence-corrected chi connectivity index (χ0v) is 7.99. The van der Waals surface area contributed by atoms with Crippen LogP contribution in [0.3, 0.4) is 0 Å². The van der Waals surface area contributed by atoms with Gasteiger partial charge in [0.15, 0.2) is 0 Å². The zero-order valence-electron chi connectivity index (χ0n) is 7.99. The second-order valence-corrected chi connectivity index (χ2v) is 3.54. The standard InChI is InChI=1S/C12H10N2O/c15-9-6-11(13-7-9)12-5-8-3-1-2-4-10(8)14-12/h1-7,13-15H. The third kappa shape index (κ3) is 1.29. The summed E-state index contributed by atoms with van der Waals surface area (Å²) in [5.41, 5.74) is 2.97. The summed E-state index contributed by atoms with van der Waals surface area (Å²) < 4.78 is 0. The van der Waals surface area contributed by atoms with Gasteiger partial charge in [0.1, 0.15) is 5.75 Å². The van der Waals surface area contributed by atoms with Crippen LogP contribution < -0.4 is 0 Å². The Kier molecular flexibility index (Phi) is 1.59. The smallest absolute Gasteiger partial charge is 0.133 e. The monoisotopic (exact) mass is 198 g/mol. The fourth-order valence-electron chi connectivity index (χ4n) is 1.76. The van der Waals surface area contributed by atoms with Crippen molar-refractivity contribution in [3.8, 4) is 17.1 Å². The fourth-order valence-corrected chi connectivity index (χ4v) is 1.76. The lowest BCUT2D eigenvalue weighted by Gasteiger charge is -1.89. The first-order chi connectivity index (χ1) is 7.33. The van der Waals surface area contributed by atoms with Crippen molar-refractivity contribution in [1.29, 1.82) is 0 Å². The summed E-state index contributed by atoms with van der Waals surface area (Å²) in [6.45, 7) is 0. The average Bonchev–Trinajstić information content (AvgIpc) is 2.82. The number of hydrogen-bond acceptors (Lipinski definition) is 1. The van der Waals surface area contributed by atoms with Gasteiger partial charge in [-0.05, 0) is 12.1 Å². The molecule has 0 aliphatic rings. The Hall–Kier alpha value is -2.16. The summed E-state index contributed by atoms with van der Waals surface area (Å²) in [4.78, 5) is 6.28. The lowest BCUT2D eigenvalue weighted by molar-refractivity contribution is 0.476. The summed E-state index contributed by atoms with van der Waals surface area (Å²) in [7, 11) is 0. The molecule has 0 amide bonds. The van der Waals surface area contributed by atoms with E-state index in [1.54, 1.807) is 12.3 Å². The van der Waals surface area contributed by atoms with Crippen LogP contribution in [0, 0.1) is 0 Å². The number of hydrogen-bond donors (Lipinski definition) is 3. The Morgan fingerprint density at radius 1 is 1.00 bits per heavy atom. The second kappa shape index (κ2) is 2.92. The Morgan fingerprint density at radius 2 is 1.87 bits per heavy atom. The first-order valence-electron chi connectivity index (χ1n) is 4.78. The molecule has 0 radical (unpaired) electrons. The molecule has 0 aliphatic carbocycles. The molecule has 0 saturated heterocycles. The SMILES string of the molecule is Oc1c[nH]c(-c2cc3ccccc3[nH]2)c1. The molecular weight excluding hydrogens is 188 g/mol.